The minimum Gasteiger partial charge on any atom is -0.508 e. The van der Waals surface area contributed by atoms with Gasteiger partial charge in [0.15, 0.2) is 11.6 Å². The van der Waals surface area contributed by atoms with Crippen molar-refractivity contribution in [3.63, 3.8) is 0 Å². The molecule has 6 rings (SSSR count). The van der Waals surface area contributed by atoms with Crippen molar-refractivity contribution in [3.05, 3.63) is 82.4 Å². The fourth-order valence-electron chi connectivity index (χ4n) is 5.68. The summed E-state index contributed by atoms with van der Waals surface area (Å²) in [6.45, 7) is 1.65. The van der Waals surface area contributed by atoms with Crippen LogP contribution in [0.1, 0.15) is 62.5 Å². The Labute approximate surface area is 246 Å². The van der Waals surface area contributed by atoms with Gasteiger partial charge >= 0.3 is 0 Å². The topological polar surface area (TPSA) is 152 Å². The van der Waals surface area contributed by atoms with Gasteiger partial charge < -0.3 is 39.4 Å². The molecule has 0 bridgehead atoms. The third-order valence-corrected chi connectivity index (χ3v) is 7.89. The van der Waals surface area contributed by atoms with E-state index >= 15 is 0 Å². The van der Waals surface area contributed by atoms with Gasteiger partial charge in [0.1, 0.15) is 69.3 Å². The Morgan fingerprint density at radius 3 is 1.98 bits per heavy atom. The van der Waals surface area contributed by atoms with Crippen LogP contribution in [0.25, 0.3) is 11.1 Å². The molecule has 0 amide bonds. The van der Waals surface area contributed by atoms with Gasteiger partial charge in [0, 0.05) is 23.3 Å². The smallest absolute Gasteiger partial charge is 0.174 e. The van der Waals surface area contributed by atoms with Crippen molar-refractivity contribution >= 4 is 11.6 Å². The van der Waals surface area contributed by atoms with Crippen LogP contribution in [0.2, 0.25) is 0 Å². The van der Waals surface area contributed by atoms with Crippen LogP contribution < -0.4 is 18.9 Å². The van der Waals surface area contributed by atoms with E-state index < -0.39 is 23.7 Å². The summed E-state index contributed by atoms with van der Waals surface area (Å²) in [6.07, 6.45) is -1.66. The Bertz CT molecular complexity index is 1790. The number of ketones is 2. The first-order valence-electron chi connectivity index (χ1n) is 13.5. The van der Waals surface area contributed by atoms with Crippen molar-refractivity contribution in [2.24, 2.45) is 0 Å². The maximum absolute atomic E-state index is 13.3. The second-order valence-electron chi connectivity index (χ2n) is 10.4. The number of Topliss-reactive ketones (excluding diaryl/α,β-unsaturated/α-hetero) is 2. The number of phenols is 4. The number of benzene rings is 4. The molecule has 0 radical (unpaired) electrons. The minimum absolute atomic E-state index is 0.0293. The van der Waals surface area contributed by atoms with Crippen LogP contribution in [0.5, 0.6) is 46.0 Å². The van der Waals surface area contributed by atoms with Gasteiger partial charge in [0.2, 0.25) is 0 Å². The zero-order chi connectivity index (χ0) is 30.6. The van der Waals surface area contributed by atoms with Gasteiger partial charge in [-0.1, -0.05) is 18.2 Å². The third-order valence-electron chi connectivity index (χ3n) is 7.89. The number of phenolic OH excluding ortho intramolecular Hbond substituents is 4. The first-order chi connectivity index (χ1) is 20.6. The van der Waals surface area contributed by atoms with Crippen LogP contribution in [0.3, 0.4) is 0 Å². The normalized spacial score (nSPS) is 17.4. The van der Waals surface area contributed by atoms with Gasteiger partial charge in [-0.25, -0.2) is 0 Å². The summed E-state index contributed by atoms with van der Waals surface area (Å²) in [4.78, 5) is 26.5. The molecule has 2 atom stereocenters. The van der Waals surface area contributed by atoms with Crippen LogP contribution in [-0.4, -0.2) is 46.2 Å². The molecule has 4 aromatic carbocycles. The molecule has 4 N–H and O–H groups in total. The van der Waals surface area contributed by atoms with Crippen molar-refractivity contribution in [1.82, 2.24) is 0 Å². The molecule has 0 aromatic heterocycles. The number of carbonyl (C=O) groups excluding carboxylic acids is 2. The molecule has 0 aliphatic carbocycles. The maximum atomic E-state index is 13.3. The molecule has 2 heterocycles. The fraction of sp³-hybridized carbons (Fsp3) is 0.212. The van der Waals surface area contributed by atoms with Crippen molar-refractivity contribution < 1.29 is 49.0 Å². The van der Waals surface area contributed by atoms with Gasteiger partial charge in [-0.05, 0) is 42.3 Å². The fourth-order valence-corrected chi connectivity index (χ4v) is 5.68. The lowest BCUT2D eigenvalue weighted by molar-refractivity contribution is 0.0834. The van der Waals surface area contributed by atoms with Gasteiger partial charge in [-0.2, -0.15) is 0 Å². The molecule has 1 unspecified atom stereocenters. The van der Waals surface area contributed by atoms with Gasteiger partial charge in [-0.3, -0.25) is 9.59 Å². The average molecular weight is 585 g/mol. The van der Waals surface area contributed by atoms with E-state index in [-0.39, 0.29) is 64.1 Å². The molecule has 4 aromatic rings. The monoisotopic (exact) mass is 584 g/mol. The highest BCUT2D eigenvalue weighted by Gasteiger charge is 2.36. The Morgan fingerprint density at radius 2 is 1.30 bits per heavy atom. The molecule has 43 heavy (non-hydrogen) atoms. The molecule has 220 valence electrons. The van der Waals surface area contributed by atoms with E-state index in [9.17, 15) is 30.0 Å². The first kappa shape index (κ1) is 27.8. The lowest BCUT2D eigenvalue weighted by Gasteiger charge is -2.30. The van der Waals surface area contributed by atoms with E-state index in [0.29, 0.717) is 33.8 Å². The molecule has 2 aliphatic heterocycles. The van der Waals surface area contributed by atoms with Crippen molar-refractivity contribution in [2.75, 3.05) is 14.2 Å². The number of hydrogen-bond donors (Lipinski definition) is 4. The van der Waals surface area contributed by atoms with Crippen LogP contribution in [0.15, 0.2) is 54.6 Å². The predicted molar refractivity (Wildman–Crippen MR) is 154 cm³/mol. The number of rotatable bonds is 5. The number of carbonyl (C=O) groups is 2. The summed E-state index contributed by atoms with van der Waals surface area (Å²) >= 11 is 0. The summed E-state index contributed by atoms with van der Waals surface area (Å²) in [7, 11) is 2.90. The van der Waals surface area contributed by atoms with E-state index in [0.717, 1.165) is 6.07 Å². The quantitative estimate of drug-likeness (QED) is 0.223. The number of hydrogen-bond acceptors (Lipinski definition) is 10. The highest BCUT2D eigenvalue weighted by molar-refractivity contribution is 6.06. The molecular weight excluding hydrogens is 556 g/mol. The summed E-state index contributed by atoms with van der Waals surface area (Å²) in [5.41, 5.74) is 2.04. The van der Waals surface area contributed by atoms with E-state index in [1.807, 2.05) is 0 Å². The zero-order valence-electron chi connectivity index (χ0n) is 23.5. The van der Waals surface area contributed by atoms with Crippen molar-refractivity contribution in [1.29, 1.82) is 0 Å². The summed E-state index contributed by atoms with van der Waals surface area (Å²) in [5, 5.41) is 42.1. The number of ether oxygens (including phenoxy) is 4. The molecule has 10 heteroatoms. The van der Waals surface area contributed by atoms with Gasteiger partial charge in [-0.15, -0.1) is 0 Å². The molecule has 0 fully saturated rings. The number of methoxy groups -OCH3 is 2. The SMILES string of the molecule is COc1ccc([C@@H]2CC(=O)c3c(cc(OC)c(C)c3O)O2)cc1-c1c(O)cc(O)c2c1OC(c1ccc(O)cc1)CC2=O. The number of aromatic hydroxyl groups is 4. The predicted octanol–water partition coefficient (Wildman–Crippen LogP) is 5.91. The molecule has 10 nitrogen and oxygen atoms in total. The summed E-state index contributed by atoms with van der Waals surface area (Å²) < 4.78 is 23.4. The largest absolute Gasteiger partial charge is 0.508 e. The third kappa shape index (κ3) is 4.61. The second kappa shape index (κ2) is 10.5. The Hall–Kier alpha value is -5.38. The highest BCUT2D eigenvalue weighted by atomic mass is 16.5. The minimum atomic E-state index is -0.765. The Kier molecular flexibility index (Phi) is 6.76. The summed E-state index contributed by atoms with van der Waals surface area (Å²) in [5.74, 6) is -0.801. The van der Waals surface area contributed by atoms with E-state index in [4.69, 9.17) is 18.9 Å². The Morgan fingerprint density at radius 1 is 0.698 bits per heavy atom. The van der Waals surface area contributed by atoms with Gasteiger partial charge in [0.25, 0.3) is 0 Å². The van der Waals surface area contributed by atoms with Crippen molar-refractivity contribution in [3.8, 4) is 57.1 Å². The Balaban J connectivity index is 1.46. The van der Waals surface area contributed by atoms with Crippen molar-refractivity contribution in [2.45, 2.75) is 32.0 Å². The van der Waals surface area contributed by atoms with E-state index in [1.54, 1.807) is 43.3 Å². The highest BCUT2D eigenvalue weighted by Crippen LogP contribution is 2.52. The standard InChI is InChI=1S/C33H28O10/c1-15-25(41-3)14-28-31(32(15)39)23(38)13-27(42-28)17-6-9-24(40-2)19(10-17)29-20(35)11-21(36)30-22(37)12-26(43-33(29)30)16-4-7-18(34)8-5-16/h4-11,14,26-27,34-36,39H,12-13H2,1-3H3/t26?,27-/m0/s1. The van der Waals surface area contributed by atoms with Crippen LogP contribution in [0.4, 0.5) is 0 Å². The molecule has 0 saturated carbocycles. The van der Waals surface area contributed by atoms with Crippen LogP contribution >= 0.6 is 0 Å². The maximum Gasteiger partial charge on any atom is 0.174 e. The van der Waals surface area contributed by atoms with Crippen LogP contribution in [-0.2, 0) is 0 Å². The lowest BCUT2D eigenvalue weighted by Crippen LogP contribution is -2.22. The number of fused-ring (bicyclic) bond motifs is 2. The molecule has 0 saturated heterocycles. The van der Waals surface area contributed by atoms with Crippen LogP contribution in [0, 0.1) is 6.92 Å². The average Bonchev–Trinajstić information content (AvgIpc) is 2.98. The molecular formula is C33H28O10. The second-order valence-corrected chi connectivity index (χ2v) is 10.4. The molecule has 2 aliphatic rings. The van der Waals surface area contributed by atoms with Gasteiger partial charge in [0.05, 0.1) is 32.6 Å². The van der Waals surface area contributed by atoms with E-state index in [1.165, 1.54) is 26.4 Å². The first-order valence-corrected chi connectivity index (χ1v) is 13.5. The van der Waals surface area contributed by atoms with E-state index in [2.05, 4.69) is 0 Å². The summed E-state index contributed by atoms with van der Waals surface area (Å²) in [6, 6.07) is 13.9. The zero-order valence-corrected chi connectivity index (χ0v) is 23.5. The lowest BCUT2D eigenvalue weighted by atomic mass is 9.89. The molecule has 0 spiro atoms.